The van der Waals surface area contributed by atoms with E-state index in [4.69, 9.17) is 0 Å². The third-order valence-electron chi connectivity index (χ3n) is 6.30. The molecular weight excluding hydrogens is 501 g/mol. The van der Waals surface area contributed by atoms with Crippen molar-refractivity contribution in [3.63, 3.8) is 0 Å². The van der Waals surface area contributed by atoms with E-state index >= 15 is 0 Å². The summed E-state index contributed by atoms with van der Waals surface area (Å²) in [5.41, 5.74) is 0.710. The summed E-state index contributed by atoms with van der Waals surface area (Å²) in [6, 6.07) is 8.98. The van der Waals surface area contributed by atoms with Gasteiger partial charge in [0.25, 0.3) is 0 Å². The summed E-state index contributed by atoms with van der Waals surface area (Å²) in [6.07, 6.45) is 1.39. The van der Waals surface area contributed by atoms with Crippen LogP contribution >= 0.6 is 0 Å². The Balaban J connectivity index is 1.59. The van der Waals surface area contributed by atoms with Crippen LogP contribution in [0.25, 0.3) is 0 Å². The average Bonchev–Trinajstić information content (AvgIpc) is 2.84. The highest BCUT2D eigenvalue weighted by atomic mass is 32.2. The lowest BCUT2D eigenvalue weighted by molar-refractivity contribution is -0.991. The number of hydrogen-bond acceptors (Lipinski definition) is 6. The number of halogens is 1. The zero-order chi connectivity index (χ0) is 27.2. The van der Waals surface area contributed by atoms with E-state index in [0.29, 0.717) is 25.7 Å². The van der Waals surface area contributed by atoms with Crippen molar-refractivity contribution < 1.29 is 33.1 Å². The minimum absolute atomic E-state index is 0.128. The van der Waals surface area contributed by atoms with Crippen molar-refractivity contribution in [1.29, 1.82) is 0 Å². The van der Waals surface area contributed by atoms with E-state index in [9.17, 15) is 33.1 Å². The Labute approximate surface area is 216 Å². The minimum atomic E-state index is -4.00. The predicted molar refractivity (Wildman–Crippen MR) is 134 cm³/mol. The normalized spacial score (nSPS) is 20.3. The molecule has 1 amide bonds. The molecule has 0 spiro atoms. The van der Waals surface area contributed by atoms with Crippen LogP contribution in [0, 0.1) is 28.8 Å². The van der Waals surface area contributed by atoms with Gasteiger partial charge >= 0.3 is 0 Å². The second kappa shape index (κ2) is 12.6. The van der Waals surface area contributed by atoms with E-state index in [1.165, 1.54) is 24.3 Å². The van der Waals surface area contributed by atoms with Gasteiger partial charge in [0.2, 0.25) is 15.9 Å². The van der Waals surface area contributed by atoms with Crippen LogP contribution in [0.15, 0.2) is 47.4 Å². The fraction of sp³-hybridized carbons (Fsp3) is 0.423. The third kappa shape index (κ3) is 8.07. The van der Waals surface area contributed by atoms with Crippen LogP contribution < -0.4 is 15.3 Å². The van der Waals surface area contributed by atoms with Crippen LogP contribution in [0.1, 0.15) is 63.1 Å². The first kappa shape index (κ1) is 28.7. The highest BCUT2D eigenvalue weighted by Crippen LogP contribution is 2.27. The lowest BCUT2D eigenvalue weighted by atomic mass is 9.85. The Hall–Kier alpha value is -2.85. The molecule has 11 heteroatoms. The number of rotatable bonds is 8. The number of amides is 1. The van der Waals surface area contributed by atoms with E-state index < -0.39 is 21.4 Å². The monoisotopic (exact) mass is 533 g/mol. The number of hydrogen-bond donors (Lipinski definition) is 5. The number of aliphatic hydroxyl groups is 1. The van der Waals surface area contributed by atoms with Crippen molar-refractivity contribution in [2.45, 2.75) is 69.0 Å². The molecule has 2 aromatic rings. The largest absolute Gasteiger partial charge is 0.595 e. The van der Waals surface area contributed by atoms with Gasteiger partial charge in [0.15, 0.2) is 5.69 Å². The fourth-order valence-corrected chi connectivity index (χ4v) is 5.53. The number of quaternary nitrogens is 1. The molecule has 0 bridgehead atoms. The van der Waals surface area contributed by atoms with Gasteiger partial charge in [0.1, 0.15) is 5.82 Å². The zero-order valence-electron chi connectivity index (χ0n) is 20.7. The number of carbonyl (C=O) groups is 1. The first-order valence-corrected chi connectivity index (χ1v) is 13.6. The maximum absolute atomic E-state index is 13.1. The van der Waals surface area contributed by atoms with Crippen molar-refractivity contribution in [2.75, 3.05) is 0 Å². The van der Waals surface area contributed by atoms with Gasteiger partial charge in [0.05, 0.1) is 22.6 Å². The van der Waals surface area contributed by atoms with Gasteiger partial charge in [-0.15, -0.1) is 0 Å². The number of sulfonamides is 1. The Morgan fingerprint density at radius 2 is 1.81 bits per heavy atom. The first-order chi connectivity index (χ1) is 17.5. The third-order valence-corrected chi connectivity index (χ3v) is 7.82. The Morgan fingerprint density at radius 1 is 1.16 bits per heavy atom. The smallest absolute Gasteiger partial charge is 0.241 e. The van der Waals surface area contributed by atoms with E-state index in [0.717, 1.165) is 11.6 Å². The molecule has 2 aromatic carbocycles. The van der Waals surface area contributed by atoms with E-state index in [1.54, 1.807) is 19.1 Å². The molecule has 0 saturated heterocycles. The van der Waals surface area contributed by atoms with Crippen LogP contribution in [0.2, 0.25) is 0 Å². The quantitative estimate of drug-likeness (QED) is 0.260. The summed E-state index contributed by atoms with van der Waals surface area (Å²) in [4.78, 5) is 12.5. The summed E-state index contributed by atoms with van der Waals surface area (Å²) in [6.45, 7) is 3.38. The number of aliphatic hydroxyl groups excluding tert-OH is 1. The van der Waals surface area contributed by atoms with Crippen LogP contribution in [-0.4, -0.2) is 36.8 Å². The molecule has 1 aliphatic carbocycles. The number of nitrogens with one attached hydrogen (secondary N) is 3. The summed E-state index contributed by atoms with van der Waals surface area (Å²) < 4.78 is 41.7. The van der Waals surface area contributed by atoms with Gasteiger partial charge in [-0.25, -0.2) is 22.7 Å². The van der Waals surface area contributed by atoms with Gasteiger partial charge in [0, 0.05) is 24.4 Å². The molecule has 1 aliphatic rings. The Morgan fingerprint density at radius 3 is 2.41 bits per heavy atom. The lowest BCUT2D eigenvalue weighted by Crippen LogP contribution is -2.99. The van der Waals surface area contributed by atoms with Crippen molar-refractivity contribution in [1.82, 2.24) is 10.0 Å². The first-order valence-electron chi connectivity index (χ1n) is 12.1. The van der Waals surface area contributed by atoms with E-state index in [2.05, 4.69) is 21.9 Å². The number of benzene rings is 2. The predicted octanol–water partition coefficient (Wildman–Crippen LogP) is 2.07. The zero-order valence-corrected chi connectivity index (χ0v) is 21.5. The Kier molecular flexibility index (Phi) is 9.78. The second-order valence-corrected chi connectivity index (χ2v) is 11.0. The molecule has 1 fully saturated rings. The van der Waals surface area contributed by atoms with Gasteiger partial charge in [-0.1, -0.05) is 24.0 Å². The SMILES string of the molecule is CC(O)CC#Cc1ccc(S(=O)(=O)N[C@H]2CC[C@H](C(=O)N[C@H](C)c3ccc(F)cc3)CC2)cc1[NH+]([O-])O. The molecule has 2 unspecified atom stereocenters. The molecule has 37 heavy (non-hydrogen) atoms. The second-order valence-electron chi connectivity index (χ2n) is 9.32. The fourth-order valence-electron chi connectivity index (χ4n) is 4.20. The van der Waals surface area contributed by atoms with Gasteiger partial charge in [-0.3, -0.25) is 4.79 Å². The van der Waals surface area contributed by atoms with Gasteiger partial charge in [-0.2, -0.15) is 5.23 Å². The molecule has 1 saturated carbocycles. The van der Waals surface area contributed by atoms with E-state index in [-0.39, 0.29) is 52.3 Å². The number of carbonyl (C=O) groups excluding carboxylic acids is 1. The van der Waals surface area contributed by atoms with E-state index in [1.807, 2.05) is 6.92 Å². The molecule has 0 heterocycles. The molecule has 3 atom stereocenters. The van der Waals surface area contributed by atoms with Crippen LogP contribution in [0.4, 0.5) is 10.1 Å². The van der Waals surface area contributed by atoms with Crippen molar-refractivity contribution in [3.05, 3.63) is 64.6 Å². The van der Waals surface area contributed by atoms with Crippen LogP contribution in [-0.2, 0) is 14.8 Å². The maximum atomic E-state index is 13.1. The summed E-state index contributed by atoms with van der Waals surface area (Å²) in [5, 5.41) is 32.2. The van der Waals surface area contributed by atoms with Gasteiger partial charge < -0.3 is 15.6 Å². The van der Waals surface area contributed by atoms with Crippen LogP contribution in [0.5, 0.6) is 0 Å². The molecule has 9 nitrogen and oxygen atoms in total. The van der Waals surface area contributed by atoms with Crippen LogP contribution in [0.3, 0.4) is 0 Å². The van der Waals surface area contributed by atoms with Crippen molar-refractivity contribution in [2.24, 2.45) is 5.92 Å². The Bertz CT molecular complexity index is 1250. The molecule has 0 aliphatic heterocycles. The summed E-state index contributed by atoms with van der Waals surface area (Å²) >= 11 is 0. The molecular formula is C26H32FN3O6S. The molecule has 200 valence electrons. The summed E-state index contributed by atoms with van der Waals surface area (Å²) in [7, 11) is -4.00. The highest BCUT2D eigenvalue weighted by molar-refractivity contribution is 7.89. The minimum Gasteiger partial charge on any atom is -0.595 e. The molecule has 3 rings (SSSR count). The van der Waals surface area contributed by atoms with Crippen molar-refractivity contribution in [3.8, 4) is 11.8 Å². The lowest BCUT2D eigenvalue weighted by Gasteiger charge is -2.29. The highest BCUT2D eigenvalue weighted by Gasteiger charge is 2.30. The average molecular weight is 534 g/mol. The van der Waals surface area contributed by atoms with Crippen molar-refractivity contribution >= 4 is 21.6 Å². The maximum Gasteiger partial charge on any atom is 0.241 e. The molecule has 5 N–H and O–H groups in total. The van der Waals surface area contributed by atoms with Gasteiger partial charge in [-0.05, 0) is 69.4 Å². The summed E-state index contributed by atoms with van der Waals surface area (Å²) in [5.74, 6) is 4.61. The standard InChI is InChI=1S/C26H32FN3O6S/c1-17(31)4-3-5-20-10-15-24(16-25(20)30(33)34)37(35,36)29-23-13-8-21(9-14-23)26(32)28-18(2)19-6-11-22(27)12-7-19/h6-7,10-12,15-18,21,23,29-31,33H,4,8-9,13-14H2,1-2H3,(H,28,32)/t17?,18-,21-,23-/m1/s1. The topological polar surface area (TPSA) is 143 Å². The molecule has 0 radical (unpaired) electrons. The molecule has 0 aromatic heterocycles.